The maximum atomic E-state index is 12.5. The summed E-state index contributed by atoms with van der Waals surface area (Å²) < 4.78 is 0. The van der Waals surface area contributed by atoms with Crippen LogP contribution in [0, 0.1) is 0 Å². The quantitative estimate of drug-likeness (QED) is 0.736. The lowest BCUT2D eigenvalue weighted by molar-refractivity contribution is 0.0510. The number of carbonyl (C=O) groups excluding carboxylic acids is 1. The van der Waals surface area contributed by atoms with Crippen LogP contribution in [-0.2, 0) is 0 Å². The van der Waals surface area contributed by atoms with Crippen molar-refractivity contribution in [1.82, 2.24) is 9.88 Å². The highest BCUT2D eigenvalue weighted by Crippen LogP contribution is 2.26. The van der Waals surface area contributed by atoms with Crippen LogP contribution in [0.15, 0.2) is 12.3 Å². The topological polar surface area (TPSA) is 33.2 Å². The number of piperidine rings is 1. The Morgan fingerprint density at radius 3 is 2.50 bits per heavy atom. The molecule has 1 aliphatic heterocycles. The molecule has 2 atom stereocenters. The van der Waals surface area contributed by atoms with E-state index in [0.29, 0.717) is 10.6 Å². The van der Waals surface area contributed by atoms with Crippen molar-refractivity contribution >= 4 is 29.1 Å². The molecule has 0 saturated carbocycles. The SMILES string of the molecule is CC1CCCC(C)N1C(=O)c1cnc(Cl)c(Cl)c1. The predicted octanol–water partition coefficient (Wildman–Crippen LogP) is 3.79. The summed E-state index contributed by atoms with van der Waals surface area (Å²) in [6.45, 7) is 4.16. The Balaban J connectivity index is 2.26. The molecule has 0 spiro atoms. The first-order valence-corrected chi connectivity index (χ1v) is 6.90. The standard InChI is InChI=1S/C13H16Cl2N2O/c1-8-4-3-5-9(2)17(8)13(18)10-6-11(14)12(15)16-7-10/h6-9H,3-5H2,1-2H3. The molecule has 1 amide bonds. The first kappa shape index (κ1) is 13.6. The molecule has 5 heteroatoms. The van der Waals surface area contributed by atoms with Gasteiger partial charge in [0.1, 0.15) is 5.15 Å². The minimum Gasteiger partial charge on any atom is -0.333 e. The van der Waals surface area contributed by atoms with Crippen LogP contribution >= 0.6 is 23.2 Å². The Morgan fingerprint density at radius 2 is 1.94 bits per heavy atom. The Bertz CT molecular complexity index is 454. The van der Waals surface area contributed by atoms with Gasteiger partial charge in [-0.05, 0) is 39.2 Å². The van der Waals surface area contributed by atoms with E-state index in [0.717, 1.165) is 12.8 Å². The molecule has 1 aromatic rings. The maximum Gasteiger partial charge on any atom is 0.255 e. The van der Waals surface area contributed by atoms with Gasteiger partial charge in [0.15, 0.2) is 0 Å². The molecule has 1 saturated heterocycles. The van der Waals surface area contributed by atoms with Gasteiger partial charge in [0.25, 0.3) is 5.91 Å². The lowest BCUT2D eigenvalue weighted by atomic mass is 9.96. The van der Waals surface area contributed by atoms with Crippen molar-refractivity contribution in [2.75, 3.05) is 0 Å². The van der Waals surface area contributed by atoms with Crippen molar-refractivity contribution < 1.29 is 4.79 Å². The van der Waals surface area contributed by atoms with Crippen LogP contribution in [0.2, 0.25) is 10.2 Å². The molecular formula is C13H16Cl2N2O. The van der Waals surface area contributed by atoms with Gasteiger partial charge < -0.3 is 4.90 Å². The first-order valence-electron chi connectivity index (χ1n) is 6.14. The molecule has 0 radical (unpaired) electrons. The zero-order valence-electron chi connectivity index (χ0n) is 10.5. The normalized spacial score (nSPS) is 24.1. The second-order valence-corrected chi connectivity index (χ2v) is 5.60. The third kappa shape index (κ3) is 2.62. The van der Waals surface area contributed by atoms with E-state index in [1.54, 1.807) is 6.07 Å². The summed E-state index contributed by atoms with van der Waals surface area (Å²) in [5, 5.41) is 0.549. The van der Waals surface area contributed by atoms with E-state index in [-0.39, 0.29) is 23.1 Å². The highest BCUT2D eigenvalue weighted by molar-refractivity contribution is 6.41. The number of likely N-dealkylation sites (tertiary alicyclic amines) is 1. The van der Waals surface area contributed by atoms with Gasteiger partial charge in [0.05, 0.1) is 10.6 Å². The van der Waals surface area contributed by atoms with E-state index >= 15 is 0 Å². The zero-order chi connectivity index (χ0) is 13.3. The average molecular weight is 287 g/mol. The van der Waals surface area contributed by atoms with Gasteiger partial charge in [0, 0.05) is 18.3 Å². The summed E-state index contributed by atoms with van der Waals surface area (Å²) in [5.41, 5.74) is 0.505. The fraction of sp³-hybridized carbons (Fsp3) is 0.538. The second kappa shape index (κ2) is 5.45. The van der Waals surface area contributed by atoms with Crippen LogP contribution in [0.3, 0.4) is 0 Å². The van der Waals surface area contributed by atoms with Crippen LogP contribution in [0.5, 0.6) is 0 Å². The van der Waals surface area contributed by atoms with Gasteiger partial charge in [-0.25, -0.2) is 4.98 Å². The third-order valence-electron chi connectivity index (χ3n) is 3.47. The van der Waals surface area contributed by atoms with Crippen LogP contribution in [0.25, 0.3) is 0 Å². The first-order chi connectivity index (χ1) is 8.50. The van der Waals surface area contributed by atoms with E-state index in [1.165, 1.54) is 12.6 Å². The van der Waals surface area contributed by atoms with E-state index in [4.69, 9.17) is 23.2 Å². The molecule has 18 heavy (non-hydrogen) atoms. The number of halogens is 2. The number of pyridine rings is 1. The highest BCUT2D eigenvalue weighted by Gasteiger charge is 2.29. The van der Waals surface area contributed by atoms with Crippen LogP contribution < -0.4 is 0 Å². The maximum absolute atomic E-state index is 12.5. The second-order valence-electron chi connectivity index (χ2n) is 4.84. The summed E-state index contributed by atoms with van der Waals surface area (Å²) in [6, 6.07) is 2.11. The summed E-state index contributed by atoms with van der Waals surface area (Å²) in [5.74, 6) is -0.0132. The smallest absolute Gasteiger partial charge is 0.255 e. The van der Waals surface area contributed by atoms with Gasteiger partial charge in [0.2, 0.25) is 0 Å². The molecule has 2 unspecified atom stereocenters. The molecule has 0 N–H and O–H groups in total. The Hall–Kier alpha value is -0.800. The largest absolute Gasteiger partial charge is 0.333 e. The van der Waals surface area contributed by atoms with Crippen molar-refractivity contribution in [2.24, 2.45) is 0 Å². The molecule has 2 rings (SSSR count). The van der Waals surface area contributed by atoms with Gasteiger partial charge in [-0.3, -0.25) is 4.79 Å². The van der Waals surface area contributed by atoms with Crippen molar-refractivity contribution in [2.45, 2.75) is 45.2 Å². The molecule has 1 aromatic heterocycles. The van der Waals surface area contributed by atoms with E-state index in [2.05, 4.69) is 18.8 Å². The molecular weight excluding hydrogens is 271 g/mol. The van der Waals surface area contributed by atoms with Gasteiger partial charge in [-0.15, -0.1) is 0 Å². The molecule has 2 heterocycles. The average Bonchev–Trinajstić information content (AvgIpc) is 2.32. The highest BCUT2D eigenvalue weighted by atomic mass is 35.5. The number of hydrogen-bond acceptors (Lipinski definition) is 2. The minimum absolute atomic E-state index is 0.0132. The fourth-order valence-corrected chi connectivity index (χ4v) is 2.78. The number of rotatable bonds is 1. The number of nitrogens with zero attached hydrogens (tertiary/aromatic N) is 2. The van der Waals surface area contributed by atoms with Crippen molar-refractivity contribution in [3.05, 3.63) is 28.0 Å². The van der Waals surface area contributed by atoms with E-state index < -0.39 is 0 Å². The van der Waals surface area contributed by atoms with Crippen molar-refractivity contribution in [1.29, 1.82) is 0 Å². The number of hydrogen-bond donors (Lipinski definition) is 0. The molecule has 3 nitrogen and oxygen atoms in total. The van der Waals surface area contributed by atoms with Crippen LogP contribution in [0.1, 0.15) is 43.5 Å². The summed E-state index contributed by atoms with van der Waals surface area (Å²) in [6.07, 6.45) is 4.76. The van der Waals surface area contributed by atoms with Crippen molar-refractivity contribution in [3.63, 3.8) is 0 Å². The van der Waals surface area contributed by atoms with Gasteiger partial charge >= 0.3 is 0 Å². The van der Waals surface area contributed by atoms with Gasteiger partial charge in [-0.2, -0.15) is 0 Å². The third-order valence-corrected chi connectivity index (χ3v) is 4.16. The Morgan fingerprint density at radius 1 is 1.33 bits per heavy atom. The molecule has 1 fully saturated rings. The van der Waals surface area contributed by atoms with Gasteiger partial charge in [-0.1, -0.05) is 23.2 Å². The summed E-state index contributed by atoms with van der Waals surface area (Å²) in [7, 11) is 0. The van der Waals surface area contributed by atoms with E-state index in [1.807, 2.05) is 4.90 Å². The number of amides is 1. The fourth-order valence-electron chi connectivity index (χ4n) is 2.51. The summed E-state index contributed by atoms with van der Waals surface area (Å²) in [4.78, 5) is 18.3. The van der Waals surface area contributed by atoms with Crippen LogP contribution in [-0.4, -0.2) is 27.9 Å². The lowest BCUT2D eigenvalue weighted by Gasteiger charge is -2.39. The van der Waals surface area contributed by atoms with E-state index in [9.17, 15) is 4.79 Å². The molecule has 0 aromatic carbocycles. The molecule has 0 aliphatic carbocycles. The lowest BCUT2D eigenvalue weighted by Crippen LogP contribution is -2.47. The minimum atomic E-state index is -0.0132. The summed E-state index contributed by atoms with van der Waals surface area (Å²) >= 11 is 11.7. The molecule has 0 bridgehead atoms. The predicted molar refractivity (Wildman–Crippen MR) is 73.2 cm³/mol. The number of carbonyl (C=O) groups is 1. The van der Waals surface area contributed by atoms with Crippen LogP contribution in [0.4, 0.5) is 0 Å². The molecule has 98 valence electrons. The molecule has 1 aliphatic rings. The van der Waals surface area contributed by atoms with Crippen molar-refractivity contribution in [3.8, 4) is 0 Å². The zero-order valence-corrected chi connectivity index (χ0v) is 12.0. The Kier molecular flexibility index (Phi) is 4.13. The Labute approximate surface area is 117 Å². The monoisotopic (exact) mass is 286 g/mol. The number of aromatic nitrogens is 1.